The van der Waals surface area contributed by atoms with Crippen LogP contribution in [0.5, 0.6) is 0 Å². The number of hydrogen-bond donors (Lipinski definition) is 3. The first kappa shape index (κ1) is 16.8. The first-order chi connectivity index (χ1) is 11.7. The van der Waals surface area contributed by atoms with Gasteiger partial charge in [0.25, 0.3) is 0 Å². The van der Waals surface area contributed by atoms with E-state index in [2.05, 4.69) is 34.4 Å². The number of benzene rings is 2. The minimum Gasteiger partial charge on any atom is -0.449 e. The summed E-state index contributed by atoms with van der Waals surface area (Å²) in [5.41, 5.74) is 4.71. The number of carbonyl (C=O) groups excluding carboxylic acids is 1. The number of nitrogens with one attached hydrogen (secondary N) is 2. The lowest BCUT2D eigenvalue weighted by molar-refractivity contribution is 0.140. The second-order valence-corrected chi connectivity index (χ2v) is 5.91. The zero-order chi connectivity index (χ0) is 16.9. The molecule has 0 unspecified atom stereocenters. The second-order valence-electron chi connectivity index (χ2n) is 5.70. The van der Waals surface area contributed by atoms with E-state index in [4.69, 9.17) is 21.6 Å². The summed E-state index contributed by atoms with van der Waals surface area (Å²) in [6.07, 6.45) is -0.526. The molecule has 1 aliphatic carbocycles. The number of hydrogen-bond acceptors (Lipinski definition) is 4. The average Bonchev–Trinajstić information content (AvgIpc) is 2.95. The van der Waals surface area contributed by atoms with Crippen LogP contribution in [-0.4, -0.2) is 37.0 Å². The number of aliphatic hydroxyl groups is 1. The fourth-order valence-corrected chi connectivity index (χ4v) is 3.14. The number of fused-ring (bicyclic) bond motifs is 3. The second kappa shape index (κ2) is 7.66. The SMILES string of the molecule is O=C(NC[C@@H](CO)NCl)OCC1c2ccccc2-c2ccccc21. The molecule has 0 bridgehead atoms. The van der Waals surface area contributed by atoms with Gasteiger partial charge in [-0.25, -0.2) is 9.63 Å². The van der Waals surface area contributed by atoms with E-state index in [0.717, 1.165) is 0 Å². The van der Waals surface area contributed by atoms with E-state index in [1.165, 1.54) is 22.3 Å². The average molecular weight is 347 g/mol. The number of amides is 1. The molecule has 0 saturated carbocycles. The Labute approximate surface area is 145 Å². The number of ether oxygens (including phenoxy) is 1. The molecule has 0 spiro atoms. The Morgan fingerprint density at radius 2 is 1.71 bits per heavy atom. The van der Waals surface area contributed by atoms with Crippen molar-refractivity contribution < 1.29 is 14.6 Å². The summed E-state index contributed by atoms with van der Waals surface area (Å²) in [5.74, 6) is 0.0305. The lowest BCUT2D eigenvalue weighted by Crippen LogP contribution is -2.40. The predicted octanol–water partition coefficient (Wildman–Crippen LogP) is 2.63. The first-order valence-electron chi connectivity index (χ1n) is 7.80. The normalized spacial score (nSPS) is 13.9. The van der Waals surface area contributed by atoms with Crippen LogP contribution in [0.2, 0.25) is 0 Å². The molecule has 0 aromatic heterocycles. The van der Waals surface area contributed by atoms with Gasteiger partial charge in [0.2, 0.25) is 0 Å². The van der Waals surface area contributed by atoms with Gasteiger partial charge >= 0.3 is 6.09 Å². The molecule has 3 rings (SSSR count). The van der Waals surface area contributed by atoms with E-state index >= 15 is 0 Å². The molecule has 1 atom stereocenters. The van der Waals surface area contributed by atoms with Gasteiger partial charge in [-0.2, -0.15) is 0 Å². The highest BCUT2D eigenvalue weighted by atomic mass is 35.5. The van der Waals surface area contributed by atoms with E-state index in [-0.39, 0.29) is 25.7 Å². The molecular formula is C18H19ClN2O3. The Balaban J connectivity index is 1.66. The third kappa shape index (κ3) is 3.38. The van der Waals surface area contributed by atoms with E-state index in [9.17, 15) is 4.79 Å². The maximum absolute atomic E-state index is 11.9. The minimum atomic E-state index is -0.526. The van der Waals surface area contributed by atoms with Crippen LogP contribution < -0.4 is 10.2 Å². The molecule has 2 aromatic rings. The zero-order valence-corrected chi connectivity index (χ0v) is 13.8. The minimum absolute atomic E-state index is 0.0305. The van der Waals surface area contributed by atoms with Gasteiger partial charge in [-0.3, -0.25) is 0 Å². The number of alkyl carbamates (subject to hydrolysis) is 1. The standard InChI is InChI=1S/C18H19ClN2O3/c19-21-12(10-22)9-20-18(23)24-11-17-15-7-3-1-5-13(15)14-6-2-4-8-16(14)17/h1-8,12,17,21-22H,9-11H2,(H,20,23)/t12-/m0/s1. The molecule has 0 saturated heterocycles. The number of rotatable bonds is 6. The summed E-state index contributed by atoms with van der Waals surface area (Å²) in [5, 5.41) is 11.6. The molecule has 0 radical (unpaired) electrons. The topological polar surface area (TPSA) is 70.6 Å². The molecular weight excluding hydrogens is 328 g/mol. The van der Waals surface area contributed by atoms with Crippen molar-refractivity contribution in [1.29, 1.82) is 0 Å². The maximum Gasteiger partial charge on any atom is 0.407 e. The van der Waals surface area contributed by atoms with Crippen molar-refractivity contribution in [3.63, 3.8) is 0 Å². The van der Waals surface area contributed by atoms with Crippen LogP contribution in [0.4, 0.5) is 4.79 Å². The fourth-order valence-electron chi connectivity index (χ4n) is 2.99. The summed E-state index contributed by atoms with van der Waals surface area (Å²) in [6.45, 7) is 0.280. The molecule has 0 fully saturated rings. The molecule has 0 heterocycles. The molecule has 3 N–H and O–H groups in total. The Hall–Kier alpha value is -2.08. The Morgan fingerprint density at radius 3 is 2.25 bits per heavy atom. The highest BCUT2D eigenvalue weighted by Gasteiger charge is 2.28. The summed E-state index contributed by atoms with van der Waals surface area (Å²) < 4.78 is 5.38. The van der Waals surface area contributed by atoms with Crippen LogP contribution >= 0.6 is 11.8 Å². The third-order valence-corrected chi connectivity index (χ3v) is 4.52. The lowest BCUT2D eigenvalue weighted by Gasteiger charge is -2.16. The van der Waals surface area contributed by atoms with Gasteiger partial charge in [-0.05, 0) is 34.0 Å². The highest BCUT2D eigenvalue weighted by molar-refractivity contribution is 6.13. The van der Waals surface area contributed by atoms with Gasteiger partial charge in [-0.15, -0.1) is 0 Å². The quantitative estimate of drug-likeness (QED) is 0.703. The van der Waals surface area contributed by atoms with E-state index in [1.54, 1.807) is 0 Å². The molecule has 1 aliphatic rings. The van der Waals surface area contributed by atoms with Crippen molar-refractivity contribution in [2.45, 2.75) is 12.0 Å². The zero-order valence-electron chi connectivity index (χ0n) is 13.0. The van der Waals surface area contributed by atoms with Crippen LogP contribution in [0.25, 0.3) is 11.1 Å². The van der Waals surface area contributed by atoms with Crippen molar-refractivity contribution in [2.75, 3.05) is 19.8 Å². The van der Waals surface area contributed by atoms with Gasteiger partial charge in [0.05, 0.1) is 12.6 Å². The summed E-state index contributed by atoms with van der Waals surface area (Å²) in [6, 6.07) is 15.9. The van der Waals surface area contributed by atoms with Crippen molar-refractivity contribution in [3.05, 3.63) is 59.7 Å². The van der Waals surface area contributed by atoms with Crippen molar-refractivity contribution in [1.82, 2.24) is 10.2 Å². The Kier molecular flexibility index (Phi) is 5.35. The van der Waals surface area contributed by atoms with Gasteiger partial charge in [-0.1, -0.05) is 48.5 Å². The lowest BCUT2D eigenvalue weighted by atomic mass is 9.98. The third-order valence-electron chi connectivity index (χ3n) is 4.21. The number of halogens is 1. The van der Waals surface area contributed by atoms with Crippen LogP contribution in [-0.2, 0) is 4.74 Å². The fraction of sp³-hybridized carbons (Fsp3) is 0.278. The van der Waals surface area contributed by atoms with Crippen LogP contribution in [0.15, 0.2) is 48.5 Å². The van der Waals surface area contributed by atoms with Crippen LogP contribution in [0.3, 0.4) is 0 Å². The Bertz CT molecular complexity index is 673. The monoisotopic (exact) mass is 346 g/mol. The van der Waals surface area contributed by atoms with Crippen molar-refractivity contribution in [3.8, 4) is 11.1 Å². The van der Waals surface area contributed by atoms with Crippen molar-refractivity contribution in [2.24, 2.45) is 0 Å². The summed E-state index contributed by atoms with van der Waals surface area (Å²) in [4.78, 5) is 14.3. The van der Waals surface area contributed by atoms with Crippen LogP contribution in [0, 0.1) is 0 Å². The molecule has 1 amide bonds. The number of carbonyl (C=O) groups is 1. The molecule has 5 nitrogen and oxygen atoms in total. The van der Waals surface area contributed by atoms with E-state index < -0.39 is 12.1 Å². The maximum atomic E-state index is 11.9. The van der Waals surface area contributed by atoms with Gasteiger partial charge in [0, 0.05) is 12.5 Å². The first-order valence-corrected chi connectivity index (χ1v) is 8.18. The molecule has 2 aromatic carbocycles. The predicted molar refractivity (Wildman–Crippen MR) is 92.9 cm³/mol. The van der Waals surface area contributed by atoms with Gasteiger partial charge in [0.1, 0.15) is 6.61 Å². The van der Waals surface area contributed by atoms with Gasteiger partial charge < -0.3 is 15.2 Å². The largest absolute Gasteiger partial charge is 0.449 e. The highest BCUT2D eigenvalue weighted by Crippen LogP contribution is 2.44. The number of aliphatic hydroxyl groups excluding tert-OH is 1. The van der Waals surface area contributed by atoms with E-state index in [0.29, 0.717) is 0 Å². The Morgan fingerprint density at radius 1 is 1.12 bits per heavy atom. The van der Waals surface area contributed by atoms with Gasteiger partial charge in [0.15, 0.2) is 0 Å². The molecule has 0 aliphatic heterocycles. The van der Waals surface area contributed by atoms with E-state index in [1.807, 2.05) is 24.3 Å². The molecule has 6 heteroatoms. The summed E-state index contributed by atoms with van der Waals surface area (Å²) >= 11 is 5.44. The summed E-state index contributed by atoms with van der Waals surface area (Å²) in [7, 11) is 0. The molecule has 126 valence electrons. The van der Waals surface area contributed by atoms with Crippen LogP contribution in [0.1, 0.15) is 17.0 Å². The smallest absolute Gasteiger partial charge is 0.407 e. The van der Waals surface area contributed by atoms with Crippen molar-refractivity contribution >= 4 is 17.9 Å². The molecule has 24 heavy (non-hydrogen) atoms.